The van der Waals surface area contributed by atoms with Crippen LogP contribution in [-0.2, 0) is 0 Å². The van der Waals surface area contributed by atoms with Crippen molar-refractivity contribution in [2.45, 2.75) is 37.6 Å². The molecule has 1 fully saturated rings. The Morgan fingerprint density at radius 1 is 1.24 bits per heavy atom. The zero-order valence-corrected chi connectivity index (χ0v) is 12.1. The van der Waals surface area contributed by atoms with E-state index in [0.29, 0.717) is 12.0 Å². The summed E-state index contributed by atoms with van der Waals surface area (Å²) in [6, 6.07) is 7.01. The average molecular weight is 298 g/mol. The monoisotopic (exact) mass is 297 g/mol. The van der Waals surface area contributed by atoms with Gasteiger partial charge < -0.3 is 10.1 Å². The lowest BCUT2D eigenvalue weighted by Crippen LogP contribution is -2.29. The van der Waals surface area contributed by atoms with Gasteiger partial charge in [0, 0.05) is 10.5 Å². The summed E-state index contributed by atoms with van der Waals surface area (Å²) in [5, 5.41) is 3.38. The molecule has 2 nitrogen and oxygen atoms in total. The van der Waals surface area contributed by atoms with Crippen LogP contribution in [0.15, 0.2) is 22.7 Å². The van der Waals surface area contributed by atoms with Gasteiger partial charge in [0.1, 0.15) is 5.75 Å². The van der Waals surface area contributed by atoms with Crippen molar-refractivity contribution in [3.05, 3.63) is 28.2 Å². The Bertz CT molecular complexity index is 372. The number of hydrogen-bond donors (Lipinski definition) is 1. The molecule has 0 atom stereocenters. The molecule has 0 unspecified atom stereocenters. The fourth-order valence-electron chi connectivity index (χ4n) is 2.72. The molecule has 1 N–H and O–H groups in total. The summed E-state index contributed by atoms with van der Waals surface area (Å²) < 4.78 is 6.61. The number of ether oxygens (including phenoxy) is 1. The van der Waals surface area contributed by atoms with Crippen LogP contribution in [0.25, 0.3) is 0 Å². The first-order chi connectivity index (χ1) is 8.24. The maximum Gasteiger partial charge on any atom is 0.122 e. The minimum absolute atomic E-state index is 0.645. The fourth-order valence-corrected chi connectivity index (χ4v) is 3.10. The van der Waals surface area contributed by atoms with Gasteiger partial charge in [-0.3, -0.25) is 0 Å². The third-order valence-corrected chi connectivity index (χ3v) is 4.26. The van der Waals surface area contributed by atoms with Crippen molar-refractivity contribution in [2.75, 3.05) is 14.2 Å². The highest BCUT2D eigenvalue weighted by atomic mass is 79.9. The molecule has 1 saturated carbocycles. The predicted octanol–water partition coefficient (Wildman–Crippen LogP) is 3.70. The van der Waals surface area contributed by atoms with Crippen LogP contribution in [0.5, 0.6) is 5.75 Å². The van der Waals surface area contributed by atoms with Crippen LogP contribution >= 0.6 is 15.9 Å². The Morgan fingerprint density at radius 3 is 2.53 bits per heavy atom. The molecule has 0 amide bonds. The van der Waals surface area contributed by atoms with Crippen LogP contribution in [0.3, 0.4) is 0 Å². The van der Waals surface area contributed by atoms with E-state index in [1.165, 1.54) is 31.2 Å². The number of hydrogen-bond acceptors (Lipinski definition) is 2. The Hall–Kier alpha value is -0.540. The summed E-state index contributed by atoms with van der Waals surface area (Å²) in [5.74, 6) is 1.67. The largest absolute Gasteiger partial charge is 0.496 e. The van der Waals surface area contributed by atoms with Gasteiger partial charge in [-0.15, -0.1) is 0 Å². The molecule has 0 saturated heterocycles. The van der Waals surface area contributed by atoms with Gasteiger partial charge >= 0.3 is 0 Å². The van der Waals surface area contributed by atoms with E-state index < -0.39 is 0 Å². The summed E-state index contributed by atoms with van der Waals surface area (Å²) in [6.45, 7) is 0. The number of benzene rings is 1. The Morgan fingerprint density at radius 2 is 1.94 bits per heavy atom. The molecule has 0 aliphatic heterocycles. The Labute approximate surface area is 112 Å². The lowest BCUT2D eigenvalue weighted by molar-refractivity contribution is 0.345. The second kappa shape index (κ2) is 5.87. The smallest absolute Gasteiger partial charge is 0.122 e. The molecule has 0 radical (unpaired) electrons. The van der Waals surface area contributed by atoms with Crippen molar-refractivity contribution in [3.8, 4) is 5.75 Å². The molecule has 0 bridgehead atoms. The van der Waals surface area contributed by atoms with Crippen molar-refractivity contribution in [1.29, 1.82) is 0 Å². The van der Waals surface area contributed by atoms with Crippen molar-refractivity contribution in [2.24, 2.45) is 0 Å². The number of rotatable bonds is 3. The van der Waals surface area contributed by atoms with Crippen LogP contribution in [0.4, 0.5) is 0 Å². The number of halogens is 1. The second-order valence-corrected chi connectivity index (χ2v) is 5.64. The van der Waals surface area contributed by atoms with Crippen molar-refractivity contribution in [3.63, 3.8) is 0 Å². The molecule has 1 aliphatic rings. The van der Waals surface area contributed by atoms with Gasteiger partial charge in [-0.05, 0) is 62.4 Å². The summed E-state index contributed by atoms with van der Waals surface area (Å²) in [5.41, 5.74) is 1.36. The quantitative estimate of drug-likeness (QED) is 0.918. The van der Waals surface area contributed by atoms with Crippen LogP contribution in [0, 0.1) is 0 Å². The van der Waals surface area contributed by atoms with Crippen LogP contribution in [0.1, 0.15) is 37.2 Å². The summed E-state index contributed by atoms with van der Waals surface area (Å²) in [4.78, 5) is 0. The first-order valence-electron chi connectivity index (χ1n) is 6.25. The average Bonchev–Trinajstić information content (AvgIpc) is 2.39. The second-order valence-electron chi connectivity index (χ2n) is 4.72. The van der Waals surface area contributed by atoms with Gasteiger partial charge in [-0.25, -0.2) is 0 Å². The topological polar surface area (TPSA) is 21.3 Å². The highest BCUT2D eigenvalue weighted by Crippen LogP contribution is 2.38. The maximum absolute atomic E-state index is 5.47. The first-order valence-corrected chi connectivity index (χ1v) is 7.04. The van der Waals surface area contributed by atoms with Crippen molar-refractivity contribution in [1.82, 2.24) is 5.32 Å². The van der Waals surface area contributed by atoms with Gasteiger partial charge in [0.15, 0.2) is 0 Å². The molecule has 3 heteroatoms. The summed E-state index contributed by atoms with van der Waals surface area (Å²) in [7, 11) is 3.82. The van der Waals surface area contributed by atoms with Gasteiger partial charge in [0.2, 0.25) is 0 Å². The third-order valence-electron chi connectivity index (χ3n) is 3.77. The Balaban J connectivity index is 2.14. The van der Waals surface area contributed by atoms with Gasteiger partial charge in [-0.2, -0.15) is 0 Å². The molecule has 0 heterocycles. The van der Waals surface area contributed by atoms with E-state index in [2.05, 4.69) is 40.4 Å². The van der Waals surface area contributed by atoms with Crippen LogP contribution in [0.2, 0.25) is 0 Å². The number of methoxy groups -OCH3 is 1. The molecule has 94 valence electrons. The SMILES string of the molecule is CNC1CCC(c2cc(Br)ccc2OC)CC1. The minimum atomic E-state index is 0.645. The van der Waals surface area contributed by atoms with Gasteiger partial charge in [0.05, 0.1) is 7.11 Å². The predicted molar refractivity (Wildman–Crippen MR) is 74.8 cm³/mol. The van der Waals surface area contributed by atoms with E-state index in [1.54, 1.807) is 7.11 Å². The maximum atomic E-state index is 5.47. The minimum Gasteiger partial charge on any atom is -0.496 e. The van der Waals surface area contributed by atoms with Gasteiger partial charge in [0.25, 0.3) is 0 Å². The molecule has 2 rings (SSSR count). The number of nitrogens with one attached hydrogen (secondary N) is 1. The highest BCUT2D eigenvalue weighted by molar-refractivity contribution is 9.10. The molecule has 1 aromatic rings. The molecule has 1 aliphatic carbocycles. The van der Waals surface area contributed by atoms with E-state index in [1.807, 2.05) is 6.07 Å². The molecule has 0 aromatic heterocycles. The molecule has 0 spiro atoms. The molecule has 17 heavy (non-hydrogen) atoms. The van der Waals surface area contributed by atoms with E-state index in [9.17, 15) is 0 Å². The fraction of sp³-hybridized carbons (Fsp3) is 0.571. The zero-order valence-electron chi connectivity index (χ0n) is 10.5. The van der Waals surface area contributed by atoms with Gasteiger partial charge in [-0.1, -0.05) is 15.9 Å². The zero-order chi connectivity index (χ0) is 12.3. The van der Waals surface area contributed by atoms with E-state index in [4.69, 9.17) is 4.74 Å². The molecule has 1 aromatic carbocycles. The lowest BCUT2D eigenvalue weighted by Gasteiger charge is -2.29. The van der Waals surface area contributed by atoms with E-state index >= 15 is 0 Å². The van der Waals surface area contributed by atoms with Crippen LogP contribution < -0.4 is 10.1 Å². The van der Waals surface area contributed by atoms with Crippen molar-refractivity contribution < 1.29 is 4.74 Å². The Kier molecular flexibility index (Phi) is 4.46. The summed E-state index contributed by atoms with van der Waals surface area (Å²) >= 11 is 3.55. The standard InChI is InChI=1S/C14H20BrNO/c1-16-12-6-3-10(4-7-12)13-9-11(15)5-8-14(13)17-2/h5,8-10,12,16H,3-4,6-7H2,1-2H3. The first kappa shape index (κ1) is 12.9. The lowest BCUT2D eigenvalue weighted by atomic mass is 9.81. The normalized spacial score (nSPS) is 24.6. The molecular weight excluding hydrogens is 278 g/mol. The molecular formula is C14H20BrNO. The van der Waals surface area contributed by atoms with E-state index in [-0.39, 0.29) is 0 Å². The van der Waals surface area contributed by atoms with E-state index in [0.717, 1.165) is 10.2 Å². The third kappa shape index (κ3) is 3.02. The summed E-state index contributed by atoms with van der Waals surface area (Å²) in [6.07, 6.45) is 5.02. The van der Waals surface area contributed by atoms with Crippen LogP contribution in [-0.4, -0.2) is 20.2 Å². The highest BCUT2D eigenvalue weighted by Gasteiger charge is 2.23. The van der Waals surface area contributed by atoms with Crippen molar-refractivity contribution >= 4 is 15.9 Å².